The summed E-state index contributed by atoms with van der Waals surface area (Å²) in [5, 5.41) is 5.24. The molecule has 0 atom stereocenters. The largest absolute Gasteiger partial charge is 0.295 e. The van der Waals surface area contributed by atoms with Gasteiger partial charge < -0.3 is 0 Å². The maximum atomic E-state index is 11.2. The number of carbonyl (C=O) groups excluding carboxylic acids is 1. The third-order valence-corrected chi connectivity index (χ3v) is 3.11. The van der Waals surface area contributed by atoms with Crippen molar-refractivity contribution in [2.45, 2.75) is 6.92 Å². The van der Waals surface area contributed by atoms with E-state index in [0.717, 1.165) is 15.5 Å². The van der Waals surface area contributed by atoms with Crippen molar-refractivity contribution in [1.82, 2.24) is 9.78 Å². The van der Waals surface area contributed by atoms with E-state index in [4.69, 9.17) is 0 Å². The number of ketones is 1. The van der Waals surface area contributed by atoms with Crippen molar-refractivity contribution in [2.75, 3.05) is 0 Å². The average molecular weight is 253 g/mol. The van der Waals surface area contributed by atoms with Crippen LogP contribution in [0.2, 0.25) is 0 Å². The number of aromatic nitrogens is 2. The monoisotopic (exact) mass is 252 g/mol. The van der Waals surface area contributed by atoms with Gasteiger partial charge in [-0.3, -0.25) is 9.48 Å². The van der Waals surface area contributed by atoms with Crippen molar-refractivity contribution in [1.29, 1.82) is 0 Å². The Bertz CT molecular complexity index is 516. The number of hydrogen-bond donors (Lipinski definition) is 0. The van der Waals surface area contributed by atoms with E-state index in [0.29, 0.717) is 5.56 Å². The van der Waals surface area contributed by atoms with Crippen LogP contribution in [0.5, 0.6) is 0 Å². The molecule has 0 bridgehead atoms. The predicted molar refractivity (Wildman–Crippen MR) is 58.4 cm³/mol. The number of Topliss-reactive ketones (excluding diaryl/α,β-unsaturated/α-hetero) is 1. The lowest BCUT2D eigenvalue weighted by molar-refractivity contribution is 0.101. The number of halogens is 1. The van der Waals surface area contributed by atoms with Gasteiger partial charge in [0.05, 0.1) is 5.52 Å². The SMILES string of the molecule is CC(=O)c1ccc2nn(C)c(Br)c2c1. The molecule has 3 nitrogen and oxygen atoms in total. The number of rotatable bonds is 1. The normalized spacial score (nSPS) is 10.8. The first-order chi connectivity index (χ1) is 6.59. The molecule has 0 aliphatic carbocycles. The molecule has 0 saturated carbocycles. The lowest BCUT2D eigenvalue weighted by atomic mass is 10.1. The Balaban J connectivity index is 2.76. The predicted octanol–water partition coefficient (Wildman–Crippen LogP) is 2.54. The summed E-state index contributed by atoms with van der Waals surface area (Å²) in [4.78, 5) is 11.2. The summed E-state index contributed by atoms with van der Waals surface area (Å²) in [6, 6.07) is 5.51. The summed E-state index contributed by atoms with van der Waals surface area (Å²) in [5.74, 6) is 0.0719. The molecule has 0 aliphatic rings. The van der Waals surface area contributed by atoms with Crippen LogP contribution >= 0.6 is 15.9 Å². The zero-order valence-corrected chi connectivity index (χ0v) is 9.50. The second-order valence-electron chi connectivity index (χ2n) is 3.20. The molecule has 1 aromatic carbocycles. The number of nitrogens with zero attached hydrogens (tertiary/aromatic N) is 2. The van der Waals surface area contributed by atoms with Crippen LogP contribution in [0.3, 0.4) is 0 Å². The Kier molecular flexibility index (Phi) is 2.15. The van der Waals surface area contributed by atoms with Crippen LogP contribution in [0.4, 0.5) is 0 Å². The fraction of sp³-hybridized carbons (Fsp3) is 0.200. The molecule has 0 spiro atoms. The second kappa shape index (κ2) is 3.20. The Labute approximate surface area is 89.8 Å². The lowest BCUT2D eigenvalue weighted by Crippen LogP contribution is -1.90. The van der Waals surface area contributed by atoms with Crippen molar-refractivity contribution >= 4 is 32.6 Å². The molecule has 14 heavy (non-hydrogen) atoms. The lowest BCUT2D eigenvalue weighted by Gasteiger charge is -1.94. The van der Waals surface area contributed by atoms with Crippen LogP contribution in [-0.4, -0.2) is 15.6 Å². The molecule has 0 saturated heterocycles. The quantitative estimate of drug-likeness (QED) is 0.732. The van der Waals surface area contributed by atoms with Gasteiger partial charge in [0.25, 0.3) is 0 Å². The van der Waals surface area contributed by atoms with E-state index >= 15 is 0 Å². The van der Waals surface area contributed by atoms with Crippen molar-refractivity contribution in [3.8, 4) is 0 Å². The van der Waals surface area contributed by atoms with E-state index in [1.54, 1.807) is 17.7 Å². The zero-order chi connectivity index (χ0) is 10.3. The van der Waals surface area contributed by atoms with Gasteiger partial charge in [-0.25, -0.2) is 0 Å². The number of aryl methyl sites for hydroxylation is 1. The number of benzene rings is 1. The molecule has 0 radical (unpaired) electrons. The third-order valence-electron chi connectivity index (χ3n) is 2.17. The fourth-order valence-electron chi connectivity index (χ4n) is 1.39. The van der Waals surface area contributed by atoms with E-state index in [1.165, 1.54) is 0 Å². The molecule has 1 aromatic heterocycles. The number of fused-ring (bicyclic) bond motifs is 1. The molecule has 4 heteroatoms. The van der Waals surface area contributed by atoms with Gasteiger partial charge in [0, 0.05) is 18.0 Å². The van der Waals surface area contributed by atoms with Crippen LogP contribution < -0.4 is 0 Å². The van der Waals surface area contributed by atoms with Gasteiger partial charge in [0.2, 0.25) is 0 Å². The summed E-state index contributed by atoms with van der Waals surface area (Å²) in [5.41, 5.74) is 1.61. The first kappa shape index (κ1) is 9.40. The second-order valence-corrected chi connectivity index (χ2v) is 3.95. The standard InChI is InChI=1S/C10H9BrN2O/c1-6(14)7-3-4-9-8(5-7)10(11)13(2)12-9/h3-5H,1-2H3. The minimum absolute atomic E-state index is 0.0719. The number of carbonyl (C=O) groups is 1. The molecule has 0 aliphatic heterocycles. The Morgan fingerprint density at radius 2 is 2.21 bits per heavy atom. The van der Waals surface area contributed by atoms with E-state index in [1.807, 2.05) is 19.2 Å². The van der Waals surface area contributed by atoms with E-state index in [2.05, 4.69) is 21.0 Å². The van der Waals surface area contributed by atoms with E-state index < -0.39 is 0 Å². The Morgan fingerprint density at radius 1 is 1.50 bits per heavy atom. The highest BCUT2D eigenvalue weighted by Gasteiger charge is 2.08. The van der Waals surface area contributed by atoms with Crippen molar-refractivity contribution in [3.63, 3.8) is 0 Å². The molecule has 72 valence electrons. The molecular formula is C10H9BrN2O. The van der Waals surface area contributed by atoms with Gasteiger partial charge in [0.1, 0.15) is 4.60 Å². The van der Waals surface area contributed by atoms with E-state index in [9.17, 15) is 4.79 Å². The first-order valence-electron chi connectivity index (χ1n) is 4.23. The number of hydrogen-bond acceptors (Lipinski definition) is 2. The van der Waals surface area contributed by atoms with Crippen LogP contribution in [0.25, 0.3) is 10.9 Å². The minimum atomic E-state index is 0.0719. The Hall–Kier alpha value is -1.16. The van der Waals surface area contributed by atoms with Crippen LogP contribution in [-0.2, 0) is 7.05 Å². The van der Waals surface area contributed by atoms with Crippen molar-refractivity contribution < 1.29 is 4.79 Å². The van der Waals surface area contributed by atoms with Crippen molar-refractivity contribution in [3.05, 3.63) is 28.4 Å². The Morgan fingerprint density at radius 3 is 2.86 bits per heavy atom. The topological polar surface area (TPSA) is 34.9 Å². The van der Waals surface area contributed by atoms with Gasteiger partial charge in [-0.2, -0.15) is 5.10 Å². The van der Waals surface area contributed by atoms with Gasteiger partial charge in [-0.1, -0.05) is 0 Å². The van der Waals surface area contributed by atoms with Gasteiger partial charge in [0.15, 0.2) is 5.78 Å². The molecule has 2 aromatic rings. The highest BCUT2D eigenvalue weighted by atomic mass is 79.9. The molecule has 0 amide bonds. The molecule has 0 unspecified atom stereocenters. The summed E-state index contributed by atoms with van der Waals surface area (Å²) >= 11 is 3.42. The maximum absolute atomic E-state index is 11.2. The van der Waals surface area contributed by atoms with Gasteiger partial charge in [-0.15, -0.1) is 0 Å². The molecule has 0 fully saturated rings. The molecule has 2 rings (SSSR count). The zero-order valence-electron chi connectivity index (χ0n) is 7.91. The molecular weight excluding hydrogens is 244 g/mol. The minimum Gasteiger partial charge on any atom is -0.295 e. The summed E-state index contributed by atoms with van der Waals surface area (Å²) in [6.07, 6.45) is 0. The van der Waals surface area contributed by atoms with Crippen molar-refractivity contribution in [2.24, 2.45) is 7.05 Å². The molecule has 0 N–H and O–H groups in total. The van der Waals surface area contributed by atoms with Crippen LogP contribution in [0.15, 0.2) is 22.8 Å². The smallest absolute Gasteiger partial charge is 0.159 e. The van der Waals surface area contributed by atoms with Gasteiger partial charge >= 0.3 is 0 Å². The molecule has 1 heterocycles. The summed E-state index contributed by atoms with van der Waals surface area (Å²) < 4.78 is 2.64. The fourth-order valence-corrected chi connectivity index (χ4v) is 1.78. The van der Waals surface area contributed by atoms with E-state index in [-0.39, 0.29) is 5.78 Å². The highest BCUT2D eigenvalue weighted by Crippen LogP contribution is 2.24. The summed E-state index contributed by atoms with van der Waals surface area (Å²) in [6.45, 7) is 1.56. The average Bonchev–Trinajstić information content (AvgIpc) is 2.43. The summed E-state index contributed by atoms with van der Waals surface area (Å²) in [7, 11) is 1.86. The maximum Gasteiger partial charge on any atom is 0.159 e. The van der Waals surface area contributed by atoms with Gasteiger partial charge in [-0.05, 0) is 41.1 Å². The van der Waals surface area contributed by atoms with Crippen LogP contribution in [0, 0.1) is 0 Å². The van der Waals surface area contributed by atoms with Crippen LogP contribution in [0.1, 0.15) is 17.3 Å². The first-order valence-corrected chi connectivity index (χ1v) is 5.02. The highest BCUT2D eigenvalue weighted by molar-refractivity contribution is 9.10. The third kappa shape index (κ3) is 1.35.